The fourth-order valence-corrected chi connectivity index (χ4v) is 5.09. The molecule has 1 aliphatic rings. The number of hydrogen-bond acceptors (Lipinski definition) is 9. The van der Waals surface area contributed by atoms with Gasteiger partial charge in [-0.15, -0.1) is 0 Å². The number of nitro benzene ring substituents is 1. The lowest BCUT2D eigenvalue weighted by atomic mass is 9.95. The van der Waals surface area contributed by atoms with Crippen molar-refractivity contribution in [3.05, 3.63) is 93.8 Å². The topological polar surface area (TPSA) is 136 Å². The van der Waals surface area contributed by atoms with Gasteiger partial charge in [0, 0.05) is 30.1 Å². The zero-order valence-electron chi connectivity index (χ0n) is 18.8. The fraction of sp³-hybridized carbons (Fsp3) is 0.120. The van der Waals surface area contributed by atoms with Crippen LogP contribution in [0.3, 0.4) is 0 Å². The molecule has 1 unspecified atom stereocenters. The lowest BCUT2D eigenvalue weighted by molar-refractivity contribution is -0.384. The average molecular weight is 503 g/mol. The summed E-state index contributed by atoms with van der Waals surface area (Å²) in [4.78, 5) is 47.1. The molecule has 1 N–H and O–H groups in total. The third-order valence-electron chi connectivity index (χ3n) is 5.66. The van der Waals surface area contributed by atoms with Gasteiger partial charge < -0.3 is 9.84 Å². The fourth-order valence-electron chi connectivity index (χ4n) is 4.07. The summed E-state index contributed by atoms with van der Waals surface area (Å²) < 4.78 is 6.27. The minimum atomic E-state index is -1.13. The minimum Gasteiger partial charge on any atom is -0.507 e. The highest BCUT2D eigenvalue weighted by atomic mass is 32.1. The number of nitro groups is 1. The summed E-state index contributed by atoms with van der Waals surface area (Å²) in [6.45, 7) is 2.34. The molecule has 0 radical (unpaired) electrons. The first-order valence-electron chi connectivity index (χ1n) is 10.9. The Morgan fingerprint density at radius 1 is 1.17 bits per heavy atom. The second kappa shape index (κ2) is 9.19. The normalized spacial score (nSPS) is 17.0. The molecule has 4 aromatic rings. The summed E-state index contributed by atoms with van der Waals surface area (Å²) in [5.41, 5.74) is 0.748. The highest BCUT2D eigenvalue weighted by Crippen LogP contribution is 2.45. The van der Waals surface area contributed by atoms with Gasteiger partial charge in [0.05, 0.1) is 33.4 Å². The molecule has 3 heterocycles. The molecule has 5 rings (SSSR count). The van der Waals surface area contributed by atoms with Crippen molar-refractivity contribution >= 4 is 49.8 Å². The van der Waals surface area contributed by atoms with Crippen LogP contribution < -0.4 is 9.64 Å². The van der Waals surface area contributed by atoms with Crippen LogP contribution in [0.25, 0.3) is 16.0 Å². The number of amides is 1. The van der Waals surface area contributed by atoms with E-state index >= 15 is 0 Å². The van der Waals surface area contributed by atoms with E-state index < -0.39 is 28.4 Å². The minimum absolute atomic E-state index is 0.194. The molecule has 0 spiro atoms. The number of pyridine rings is 1. The number of aromatic nitrogens is 2. The molecule has 0 bridgehead atoms. The Balaban J connectivity index is 1.72. The van der Waals surface area contributed by atoms with Crippen molar-refractivity contribution in [1.82, 2.24) is 9.97 Å². The van der Waals surface area contributed by atoms with Crippen LogP contribution in [0, 0.1) is 10.1 Å². The largest absolute Gasteiger partial charge is 0.507 e. The molecule has 10 nitrogen and oxygen atoms in total. The number of ether oxygens (including phenoxy) is 1. The molecule has 1 amide bonds. The van der Waals surface area contributed by atoms with Crippen LogP contribution in [-0.2, 0) is 9.59 Å². The van der Waals surface area contributed by atoms with Crippen LogP contribution in [0.5, 0.6) is 5.75 Å². The van der Waals surface area contributed by atoms with Gasteiger partial charge in [-0.1, -0.05) is 23.5 Å². The molecule has 36 heavy (non-hydrogen) atoms. The second-order valence-corrected chi connectivity index (χ2v) is 8.83. The monoisotopic (exact) mass is 502 g/mol. The van der Waals surface area contributed by atoms with Crippen molar-refractivity contribution in [1.29, 1.82) is 0 Å². The van der Waals surface area contributed by atoms with Gasteiger partial charge >= 0.3 is 5.91 Å². The van der Waals surface area contributed by atoms with E-state index in [1.807, 2.05) is 6.92 Å². The van der Waals surface area contributed by atoms with Gasteiger partial charge in [0.25, 0.3) is 11.5 Å². The van der Waals surface area contributed by atoms with E-state index in [9.17, 15) is 24.8 Å². The molecule has 1 aliphatic heterocycles. The zero-order valence-corrected chi connectivity index (χ0v) is 19.6. The van der Waals surface area contributed by atoms with E-state index in [0.717, 1.165) is 4.70 Å². The molecule has 1 atom stereocenters. The van der Waals surface area contributed by atoms with Crippen LogP contribution in [-0.4, -0.2) is 38.3 Å². The Morgan fingerprint density at radius 2 is 1.94 bits per heavy atom. The first-order chi connectivity index (χ1) is 17.4. The standard InChI is InChI=1S/C25H18N4O6S/c1-2-35-17-6-7-18-19(13-17)36-25(27-18)28-21(15-4-3-5-16(12-15)29(33)34)20(23(31)24(28)32)22(30)14-8-10-26-11-9-14/h3-13,21,30H,2H2,1H3. The average Bonchev–Trinajstić information content (AvgIpc) is 3.42. The summed E-state index contributed by atoms with van der Waals surface area (Å²) >= 11 is 1.17. The van der Waals surface area contributed by atoms with Crippen LogP contribution in [0.2, 0.25) is 0 Å². The van der Waals surface area contributed by atoms with Gasteiger partial charge in [0.2, 0.25) is 0 Å². The van der Waals surface area contributed by atoms with Crippen molar-refractivity contribution < 1.29 is 24.4 Å². The number of hydrogen-bond donors (Lipinski definition) is 1. The van der Waals surface area contributed by atoms with Crippen molar-refractivity contribution in [3.63, 3.8) is 0 Å². The molecule has 11 heteroatoms. The first kappa shape index (κ1) is 23.1. The molecule has 2 aromatic carbocycles. The Labute approximate surface area is 208 Å². The van der Waals surface area contributed by atoms with Gasteiger partial charge in [0.15, 0.2) is 5.13 Å². The number of nitrogens with zero attached hydrogens (tertiary/aromatic N) is 4. The van der Waals surface area contributed by atoms with Crippen LogP contribution in [0.4, 0.5) is 10.8 Å². The molecular weight excluding hydrogens is 484 g/mol. The number of rotatable bonds is 6. The SMILES string of the molecule is CCOc1ccc2nc(N3C(=O)C(=O)C(=C(O)c4ccncc4)C3c3cccc([N+](=O)[O-])c3)sc2c1. The number of benzene rings is 2. The lowest BCUT2D eigenvalue weighted by Gasteiger charge is -2.22. The number of carbonyl (C=O) groups excluding carboxylic acids is 2. The van der Waals surface area contributed by atoms with E-state index in [0.29, 0.717) is 17.9 Å². The Hall–Kier alpha value is -4.64. The summed E-state index contributed by atoms with van der Waals surface area (Å²) in [5.74, 6) is -1.59. The van der Waals surface area contributed by atoms with E-state index in [4.69, 9.17) is 4.74 Å². The number of ketones is 1. The second-order valence-electron chi connectivity index (χ2n) is 7.82. The van der Waals surface area contributed by atoms with Crippen molar-refractivity contribution in [2.75, 3.05) is 11.5 Å². The zero-order chi connectivity index (χ0) is 25.4. The maximum atomic E-state index is 13.3. The number of carbonyl (C=O) groups is 2. The maximum absolute atomic E-state index is 13.3. The number of anilines is 1. The molecule has 1 fully saturated rings. The van der Waals surface area contributed by atoms with Crippen LogP contribution >= 0.6 is 11.3 Å². The smallest absolute Gasteiger partial charge is 0.301 e. The number of thiazole rings is 1. The van der Waals surface area contributed by atoms with Crippen molar-refractivity contribution in [3.8, 4) is 5.75 Å². The van der Waals surface area contributed by atoms with Crippen molar-refractivity contribution in [2.45, 2.75) is 13.0 Å². The van der Waals surface area contributed by atoms with E-state index in [2.05, 4.69) is 9.97 Å². The Morgan fingerprint density at radius 3 is 2.67 bits per heavy atom. The number of aliphatic hydroxyl groups excluding tert-OH is 1. The lowest BCUT2D eigenvalue weighted by Crippen LogP contribution is -2.29. The number of non-ortho nitro benzene ring substituents is 1. The summed E-state index contributed by atoms with van der Waals surface area (Å²) in [5, 5.41) is 22.8. The van der Waals surface area contributed by atoms with Gasteiger partial charge in [-0.25, -0.2) is 4.98 Å². The molecule has 180 valence electrons. The number of aliphatic hydroxyl groups is 1. The predicted molar refractivity (Wildman–Crippen MR) is 133 cm³/mol. The van der Waals surface area contributed by atoms with Crippen molar-refractivity contribution in [2.24, 2.45) is 0 Å². The molecule has 2 aromatic heterocycles. The Bertz CT molecular complexity index is 1550. The van der Waals surface area contributed by atoms with Crippen LogP contribution in [0.1, 0.15) is 24.1 Å². The first-order valence-corrected chi connectivity index (χ1v) is 11.7. The molecular formula is C25H18N4O6S. The molecule has 1 saturated heterocycles. The quantitative estimate of drug-likeness (QED) is 0.133. The molecule has 0 aliphatic carbocycles. The van der Waals surface area contributed by atoms with E-state index in [-0.39, 0.29) is 27.5 Å². The van der Waals surface area contributed by atoms with E-state index in [1.54, 1.807) is 24.3 Å². The number of Topliss-reactive ketones (excluding diaryl/α,β-unsaturated/α-hetero) is 1. The van der Waals surface area contributed by atoms with Gasteiger partial charge in [0.1, 0.15) is 11.5 Å². The highest BCUT2D eigenvalue weighted by molar-refractivity contribution is 7.22. The maximum Gasteiger partial charge on any atom is 0.301 e. The van der Waals surface area contributed by atoms with E-state index in [1.165, 1.54) is 59.0 Å². The predicted octanol–water partition coefficient (Wildman–Crippen LogP) is 4.62. The summed E-state index contributed by atoms with van der Waals surface area (Å²) in [6.07, 6.45) is 2.88. The number of fused-ring (bicyclic) bond motifs is 1. The van der Waals surface area contributed by atoms with Crippen LogP contribution in [0.15, 0.2) is 72.6 Å². The summed E-state index contributed by atoms with van der Waals surface area (Å²) in [7, 11) is 0. The third kappa shape index (κ3) is 3.95. The highest BCUT2D eigenvalue weighted by Gasteiger charge is 2.48. The van der Waals surface area contributed by atoms with Gasteiger partial charge in [-0.3, -0.25) is 29.6 Å². The Kier molecular flexibility index (Phi) is 5.90. The van der Waals surface area contributed by atoms with Gasteiger partial charge in [-0.2, -0.15) is 0 Å². The summed E-state index contributed by atoms with van der Waals surface area (Å²) in [6, 6.07) is 12.8. The van der Waals surface area contributed by atoms with Gasteiger partial charge in [-0.05, 0) is 42.8 Å². The third-order valence-corrected chi connectivity index (χ3v) is 6.68. The molecule has 0 saturated carbocycles.